The summed E-state index contributed by atoms with van der Waals surface area (Å²) in [6.07, 6.45) is -4.73. The maximum Gasteiger partial charge on any atom is 0.208 e. The minimum Gasteiger partial charge on any atom is -0.504 e. The van der Waals surface area contributed by atoms with Crippen molar-refractivity contribution in [2.45, 2.75) is 37.3 Å². The van der Waals surface area contributed by atoms with Gasteiger partial charge in [-0.15, -0.1) is 0 Å². The van der Waals surface area contributed by atoms with Gasteiger partial charge in [0.1, 0.15) is 0 Å². The van der Waals surface area contributed by atoms with Crippen molar-refractivity contribution >= 4 is 0 Å². The molecule has 0 saturated carbocycles. The summed E-state index contributed by atoms with van der Waals surface area (Å²) in [4.78, 5) is 0. The fraction of sp³-hybridized carbons (Fsp3) is 0.200. The molecule has 4 atom stereocenters. The van der Waals surface area contributed by atoms with Crippen molar-refractivity contribution in [3.05, 3.63) is 58.7 Å². The number of ether oxygens (including phenoxy) is 2. The molecule has 0 radical (unpaired) electrons. The molecule has 6 rings (SSSR count). The smallest absolute Gasteiger partial charge is 0.208 e. The molecule has 0 fully saturated rings. The third-order valence-electron chi connectivity index (χ3n) is 7.57. The third kappa shape index (κ3) is 5.20. The SMILES string of the molecule is Oc1ccc([C@H]2Oc3c(O)c(O)c(O)c(O)c3C[C@@H]2O)cc1O.Oc1ccc([C@H]2Oc3c(O)c(O)c(O)c(O)c3C[C@H]2O)cc1O. The zero-order chi connectivity index (χ0) is 33.8. The molecule has 4 aromatic rings. The van der Waals surface area contributed by atoms with Crippen LogP contribution in [0.25, 0.3) is 0 Å². The Labute approximate surface area is 257 Å². The monoisotopic (exact) mass is 644 g/mol. The zero-order valence-electron chi connectivity index (χ0n) is 23.3. The Balaban J connectivity index is 0.000000181. The molecular formula is C30H28O16. The number of fused-ring (bicyclic) bond motifs is 2. The normalized spacial score (nSPS) is 19.9. The molecule has 16 nitrogen and oxygen atoms in total. The molecule has 4 aromatic carbocycles. The number of hydrogen-bond acceptors (Lipinski definition) is 16. The summed E-state index contributed by atoms with van der Waals surface area (Å²) >= 11 is 0. The Morgan fingerprint density at radius 1 is 0.413 bits per heavy atom. The molecule has 0 aliphatic carbocycles. The van der Waals surface area contributed by atoms with Gasteiger partial charge in [-0.2, -0.15) is 0 Å². The Bertz CT molecular complexity index is 1700. The summed E-state index contributed by atoms with van der Waals surface area (Å²) in [5.41, 5.74) is 0.518. The summed E-state index contributed by atoms with van der Waals surface area (Å²) in [5, 5.41) is 136. The number of phenolic OH excluding ortho intramolecular Hbond substituents is 12. The first-order chi connectivity index (χ1) is 21.6. The summed E-state index contributed by atoms with van der Waals surface area (Å²) in [7, 11) is 0. The van der Waals surface area contributed by atoms with Crippen molar-refractivity contribution in [3.8, 4) is 80.5 Å². The lowest BCUT2D eigenvalue weighted by molar-refractivity contribution is 0.0175. The molecule has 2 aliphatic rings. The fourth-order valence-corrected chi connectivity index (χ4v) is 5.14. The highest BCUT2D eigenvalue weighted by atomic mass is 16.5. The third-order valence-corrected chi connectivity index (χ3v) is 7.57. The second-order valence-electron chi connectivity index (χ2n) is 10.5. The van der Waals surface area contributed by atoms with Gasteiger partial charge in [0.2, 0.25) is 34.5 Å². The van der Waals surface area contributed by atoms with Gasteiger partial charge in [-0.1, -0.05) is 12.1 Å². The molecule has 2 aliphatic heterocycles. The largest absolute Gasteiger partial charge is 0.504 e. The average Bonchev–Trinajstić information content (AvgIpc) is 3.03. The van der Waals surface area contributed by atoms with Crippen LogP contribution >= 0.6 is 0 Å². The van der Waals surface area contributed by atoms with Gasteiger partial charge in [-0.3, -0.25) is 0 Å². The van der Waals surface area contributed by atoms with Crippen LogP contribution in [0, 0.1) is 0 Å². The van der Waals surface area contributed by atoms with E-state index >= 15 is 0 Å². The minimum absolute atomic E-state index is 0.0513. The number of aliphatic hydroxyl groups excluding tert-OH is 2. The molecule has 16 heteroatoms. The Morgan fingerprint density at radius 2 is 0.739 bits per heavy atom. The molecule has 46 heavy (non-hydrogen) atoms. The van der Waals surface area contributed by atoms with E-state index < -0.39 is 81.9 Å². The molecule has 244 valence electrons. The molecule has 14 N–H and O–H groups in total. The lowest BCUT2D eigenvalue weighted by Gasteiger charge is -2.32. The molecular weight excluding hydrogens is 616 g/mol. The van der Waals surface area contributed by atoms with Gasteiger partial charge in [0.05, 0.1) is 12.2 Å². The molecule has 0 aromatic heterocycles. The van der Waals surface area contributed by atoms with Crippen molar-refractivity contribution < 1.29 is 81.0 Å². The first-order valence-corrected chi connectivity index (χ1v) is 13.3. The predicted octanol–water partition coefficient (Wildman–Crippen LogP) is 1.91. The van der Waals surface area contributed by atoms with Gasteiger partial charge in [-0.25, -0.2) is 0 Å². The van der Waals surface area contributed by atoms with Gasteiger partial charge >= 0.3 is 0 Å². The van der Waals surface area contributed by atoms with E-state index in [1.165, 1.54) is 36.4 Å². The summed E-state index contributed by atoms with van der Waals surface area (Å²) in [6.45, 7) is 0. The lowest BCUT2D eigenvalue weighted by atomic mass is 9.93. The van der Waals surface area contributed by atoms with E-state index in [-0.39, 0.29) is 47.0 Å². The molecule has 0 spiro atoms. The number of rotatable bonds is 2. The highest BCUT2D eigenvalue weighted by Crippen LogP contribution is 2.56. The Hall–Kier alpha value is -6.00. The molecule has 0 saturated heterocycles. The molecule has 2 heterocycles. The van der Waals surface area contributed by atoms with Crippen molar-refractivity contribution in [2.24, 2.45) is 0 Å². The molecule has 0 bridgehead atoms. The minimum atomic E-state index is -1.17. The second-order valence-corrected chi connectivity index (χ2v) is 10.5. The first-order valence-electron chi connectivity index (χ1n) is 13.3. The van der Waals surface area contributed by atoms with E-state index in [9.17, 15) is 71.5 Å². The van der Waals surface area contributed by atoms with Crippen LogP contribution in [0.2, 0.25) is 0 Å². The number of aromatic hydroxyl groups is 12. The molecule has 0 unspecified atom stereocenters. The highest BCUT2D eigenvalue weighted by Gasteiger charge is 2.38. The van der Waals surface area contributed by atoms with Crippen LogP contribution in [0.5, 0.6) is 80.5 Å². The quantitative estimate of drug-likeness (QED) is 0.109. The van der Waals surface area contributed by atoms with Gasteiger partial charge < -0.3 is 81.0 Å². The average molecular weight is 645 g/mol. The fourth-order valence-electron chi connectivity index (χ4n) is 5.14. The predicted molar refractivity (Wildman–Crippen MR) is 152 cm³/mol. The van der Waals surface area contributed by atoms with Crippen LogP contribution in [-0.2, 0) is 12.8 Å². The van der Waals surface area contributed by atoms with Gasteiger partial charge in [0.25, 0.3) is 0 Å². The van der Waals surface area contributed by atoms with Crippen molar-refractivity contribution in [1.82, 2.24) is 0 Å². The van der Waals surface area contributed by atoms with Crippen LogP contribution in [0.15, 0.2) is 36.4 Å². The molecule has 0 amide bonds. The van der Waals surface area contributed by atoms with Crippen LogP contribution in [0.3, 0.4) is 0 Å². The summed E-state index contributed by atoms with van der Waals surface area (Å²) in [5.74, 6) is -8.68. The maximum absolute atomic E-state index is 10.2. The lowest BCUT2D eigenvalue weighted by Crippen LogP contribution is -2.30. The van der Waals surface area contributed by atoms with E-state index in [1.54, 1.807) is 0 Å². The van der Waals surface area contributed by atoms with Crippen LogP contribution in [0.1, 0.15) is 34.5 Å². The van der Waals surface area contributed by atoms with Gasteiger partial charge in [-0.05, 0) is 35.4 Å². The van der Waals surface area contributed by atoms with Gasteiger partial charge in [0.15, 0.2) is 58.2 Å². The summed E-state index contributed by atoms with van der Waals surface area (Å²) < 4.78 is 10.9. The zero-order valence-corrected chi connectivity index (χ0v) is 23.3. The second kappa shape index (κ2) is 11.5. The van der Waals surface area contributed by atoms with E-state index in [1.807, 2.05) is 0 Å². The number of benzene rings is 4. The number of phenols is 12. The van der Waals surface area contributed by atoms with E-state index in [0.29, 0.717) is 11.1 Å². The first kappa shape index (κ1) is 31.4. The van der Waals surface area contributed by atoms with Gasteiger partial charge in [0, 0.05) is 24.0 Å². The Kier molecular flexibility index (Phi) is 7.85. The van der Waals surface area contributed by atoms with E-state index in [0.717, 1.165) is 0 Å². The highest BCUT2D eigenvalue weighted by molar-refractivity contribution is 5.70. The maximum atomic E-state index is 10.2. The van der Waals surface area contributed by atoms with Crippen molar-refractivity contribution in [2.75, 3.05) is 0 Å². The van der Waals surface area contributed by atoms with Crippen LogP contribution < -0.4 is 9.47 Å². The van der Waals surface area contributed by atoms with E-state index in [2.05, 4.69) is 0 Å². The standard InChI is InChI=1S/2C15H14O8/c2*16-7-2-1-5(3-8(7)17)14-9(18)4-6-10(19)11(20)12(21)13(22)15(6)23-14/h2*1-3,9,14,16-22H,4H2/t9-,14+;9-,14-/m01/s1. The van der Waals surface area contributed by atoms with Crippen molar-refractivity contribution in [3.63, 3.8) is 0 Å². The van der Waals surface area contributed by atoms with Crippen molar-refractivity contribution in [1.29, 1.82) is 0 Å². The number of hydrogen-bond donors (Lipinski definition) is 14. The topological polar surface area (TPSA) is 302 Å². The number of aliphatic hydroxyl groups is 2. The van der Waals surface area contributed by atoms with Crippen LogP contribution in [-0.4, -0.2) is 83.7 Å². The van der Waals surface area contributed by atoms with E-state index in [4.69, 9.17) is 9.47 Å². The summed E-state index contributed by atoms with van der Waals surface area (Å²) in [6, 6.07) is 7.61. The van der Waals surface area contributed by atoms with Crippen LogP contribution in [0.4, 0.5) is 0 Å². The Morgan fingerprint density at radius 3 is 1.07 bits per heavy atom.